The maximum atomic E-state index is 10.9. The van der Waals surface area contributed by atoms with Crippen LogP contribution in [0.1, 0.15) is 12.8 Å². The van der Waals surface area contributed by atoms with Gasteiger partial charge in [-0.25, -0.2) is 8.42 Å². The molecule has 0 bridgehead atoms. The van der Waals surface area contributed by atoms with E-state index in [-0.39, 0.29) is 11.7 Å². The number of carbonyl (C=O) groups excluding carboxylic acids is 1. The minimum Gasteiger partial charge on any atom is -0.356 e. The predicted molar refractivity (Wildman–Crippen MR) is 55.7 cm³/mol. The average Bonchev–Trinajstić information content (AvgIpc) is 1.97. The summed E-state index contributed by atoms with van der Waals surface area (Å²) in [6.07, 6.45) is 2.10. The van der Waals surface area contributed by atoms with Gasteiger partial charge in [0.05, 0.1) is 5.75 Å². The molecule has 0 saturated carbocycles. The Labute approximate surface area is 87.1 Å². The van der Waals surface area contributed by atoms with Crippen LogP contribution in [0.4, 0.5) is 0 Å². The second-order valence-electron chi connectivity index (χ2n) is 2.77. The predicted octanol–water partition coefficient (Wildman–Crippen LogP) is 0.322. The Morgan fingerprint density at radius 3 is 2.54 bits per heavy atom. The molecule has 0 aromatic heterocycles. The Hall–Kier alpha value is -0.100. The lowest BCUT2D eigenvalue weighted by Gasteiger charge is -2.02. The minimum atomic E-state index is -2.89. The zero-order valence-corrected chi connectivity index (χ0v) is 9.95. The summed E-state index contributed by atoms with van der Waals surface area (Å²) in [6, 6.07) is 0. The zero-order valence-electron chi connectivity index (χ0n) is 7.55. The highest BCUT2D eigenvalue weighted by atomic mass is 79.9. The fraction of sp³-hybridized carbons (Fsp3) is 0.857. The lowest BCUT2D eigenvalue weighted by molar-refractivity contribution is -0.120. The summed E-state index contributed by atoms with van der Waals surface area (Å²) >= 11 is 3.13. The van der Waals surface area contributed by atoms with Gasteiger partial charge in [-0.05, 0) is 6.42 Å². The summed E-state index contributed by atoms with van der Waals surface area (Å²) in [6.45, 7) is 0.429. The van der Waals surface area contributed by atoms with E-state index in [1.54, 1.807) is 0 Å². The van der Waals surface area contributed by atoms with Crippen LogP contribution in [0.15, 0.2) is 0 Å². The van der Waals surface area contributed by atoms with Crippen molar-refractivity contribution < 1.29 is 13.2 Å². The van der Waals surface area contributed by atoms with Crippen LogP contribution in [0.2, 0.25) is 0 Å². The molecule has 0 heterocycles. The molecule has 0 saturated heterocycles. The molecule has 0 unspecified atom stereocenters. The second kappa shape index (κ2) is 6.37. The van der Waals surface area contributed by atoms with Crippen LogP contribution in [-0.4, -0.2) is 38.2 Å². The van der Waals surface area contributed by atoms with Gasteiger partial charge in [-0.15, -0.1) is 0 Å². The second-order valence-corrected chi connectivity index (χ2v) is 5.83. The number of rotatable bonds is 6. The molecule has 4 nitrogen and oxygen atoms in total. The van der Waals surface area contributed by atoms with Crippen LogP contribution >= 0.6 is 15.9 Å². The van der Waals surface area contributed by atoms with Crippen molar-refractivity contribution >= 4 is 31.7 Å². The molecule has 0 aliphatic carbocycles. The molecule has 0 radical (unpaired) electrons. The van der Waals surface area contributed by atoms with Crippen molar-refractivity contribution in [3.05, 3.63) is 0 Å². The molecular weight excluding hydrogens is 258 g/mol. The van der Waals surface area contributed by atoms with Gasteiger partial charge in [-0.3, -0.25) is 4.79 Å². The molecule has 0 atom stereocenters. The Bertz CT molecular complexity index is 250. The van der Waals surface area contributed by atoms with Gasteiger partial charge < -0.3 is 5.32 Å². The summed E-state index contributed by atoms with van der Waals surface area (Å²) in [5, 5.41) is 3.25. The van der Waals surface area contributed by atoms with Crippen LogP contribution in [0, 0.1) is 0 Å². The topological polar surface area (TPSA) is 63.2 Å². The summed E-state index contributed by atoms with van der Waals surface area (Å²) in [5.41, 5.74) is 0. The van der Waals surface area contributed by atoms with E-state index in [4.69, 9.17) is 0 Å². The van der Waals surface area contributed by atoms with Crippen molar-refractivity contribution in [1.29, 1.82) is 0 Å². The van der Waals surface area contributed by atoms with Crippen LogP contribution in [0.25, 0.3) is 0 Å². The van der Waals surface area contributed by atoms with Gasteiger partial charge in [0.2, 0.25) is 5.91 Å². The molecule has 1 amide bonds. The number of amides is 1. The van der Waals surface area contributed by atoms with Gasteiger partial charge in [-0.1, -0.05) is 15.9 Å². The third-order valence-corrected chi connectivity index (χ3v) is 2.76. The first-order valence-electron chi connectivity index (χ1n) is 3.96. The van der Waals surface area contributed by atoms with Crippen molar-refractivity contribution in [2.45, 2.75) is 12.8 Å². The molecule has 0 fully saturated rings. The van der Waals surface area contributed by atoms with E-state index in [1.807, 2.05) is 0 Å². The summed E-state index contributed by atoms with van der Waals surface area (Å²) in [7, 11) is -2.89. The molecule has 1 N–H and O–H groups in total. The monoisotopic (exact) mass is 271 g/mol. The van der Waals surface area contributed by atoms with E-state index < -0.39 is 9.84 Å². The van der Waals surface area contributed by atoms with Crippen molar-refractivity contribution in [3.63, 3.8) is 0 Å². The molecule has 0 aliphatic rings. The highest BCUT2D eigenvalue weighted by Gasteiger charge is 2.02. The van der Waals surface area contributed by atoms with E-state index >= 15 is 0 Å². The smallest absolute Gasteiger partial charge is 0.220 e. The Morgan fingerprint density at radius 1 is 1.46 bits per heavy atom. The third kappa shape index (κ3) is 9.82. The number of sulfone groups is 1. The highest BCUT2D eigenvalue weighted by molar-refractivity contribution is 9.09. The maximum Gasteiger partial charge on any atom is 0.220 e. The van der Waals surface area contributed by atoms with Gasteiger partial charge in [-0.2, -0.15) is 0 Å². The van der Waals surface area contributed by atoms with Gasteiger partial charge in [0.15, 0.2) is 0 Å². The SMILES string of the molecule is CS(=O)(=O)CCCNC(=O)CCBr. The summed E-state index contributed by atoms with van der Waals surface area (Å²) < 4.78 is 21.4. The molecule has 6 heteroatoms. The van der Waals surface area contributed by atoms with E-state index in [2.05, 4.69) is 21.2 Å². The Kier molecular flexibility index (Phi) is 6.32. The van der Waals surface area contributed by atoms with Crippen LogP contribution in [0.3, 0.4) is 0 Å². The normalized spacial score (nSPS) is 11.2. The minimum absolute atomic E-state index is 0.0506. The number of alkyl halides is 1. The van der Waals surface area contributed by atoms with E-state index in [9.17, 15) is 13.2 Å². The first kappa shape index (κ1) is 12.9. The van der Waals surface area contributed by atoms with E-state index in [0.717, 1.165) is 0 Å². The number of hydrogen-bond acceptors (Lipinski definition) is 3. The summed E-state index contributed by atoms with van der Waals surface area (Å²) in [4.78, 5) is 10.9. The van der Waals surface area contributed by atoms with Crippen LogP contribution in [-0.2, 0) is 14.6 Å². The molecular formula is C7H14BrNO3S. The van der Waals surface area contributed by atoms with Gasteiger partial charge in [0.1, 0.15) is 9.84 Å². The highest BCUT2D eigenvalue weighted by Crippen LogP contribution is 1.89. The number of nitrogens with one attached hydrogen (secondary N) is 1. The van der Waals surface area contributed by atoms with Crippen molar-refractivity contribution in [1.82, 2.24) is 5.32 Å². The Balaban J connectivity index is 3.41. The number of hydrogen-bond donors (Lipinski definition) is 1. The molecule has 78 valence electrons. The molecule has 0 rings (SSSR count). The average molecular weight is 272 g/mol. The van der Waals surface area contributed by atoms with E-state index in [1.165, 1.54) is 6.26 Å². The van der Waals surface area contributed by atoms with Crippen LogP contribution in [0.5, 0.6) is 0 Å². The fourth-order valence-corrected chi connectivity index (χ4v) is 1.77. The molecule has 0 spiro atoms. The zero-order chi connectivity index (χ0) is 10.3. The maximum absolute atomic E-state index is 10.9. The van der Waals surface area contributed by atoms with E-state index in [0.29, 0.717) is 24.7 Å². The Morgan fingerprint density at radius 2 is 2.08 bits per heavy atom. The van der Waals surface area contributed by atoms with Gasteiger partial charge >= 0.3 is 0 Å². The van der Waals surface area contributed by atoms with Crippen LogP contribution < -0.4 is 5.32 Å². The lowest BCUT2D eigenvalue weighted by atomic mass is 10.4. The van der Waals surface area contributed by atoms with Crippen molar-refractivity contribution in [2.24, 2.45) is 0 Å². The number of halogens is 1. The van der Waals surface area contributed by atoms with Gasteiger partial charge in [0.25, 0.3) is 0 Å². The molecule has 0 aromatic rings. The molecule has 0 aliphatic heterocycles. The van der Waals surface area contributed by atoms with Crippen molar-refractivity contribution in [3.8, 4) is 0 Å². The third-order valence-electron chi connectivity index (χ3n) is 1.34. The largest absolute Gasteiger partial charge is 0.356 e. The first-order valence-corrected chi connectivity index (χ1v) is 7.14. The molecule has 13 heavy (non-hydrogen) atoms. The standard InChI is InChI=1S/C7H14BrNO3S/c1-13(11,12)6-2-5-9-7(10)3-4-8/h2-6H2,1H3,(H,9,10). The van der Waals surface area contributed by atoms with Gasteiger partial charge in [0, 0.05) is 24.6 Å². The quantitative estimate of drug-likeness (QED) is 0.559. The summed E-state index contributed by atoms with van der Waals surface area (Å²) in [5.74, 6) is 0.0760. The lowest BCUT2D eigenvalue weighted by Crippen LogP contribution is -2.25. The first-order chi connectivity index (χ1) is 5.95. The number of carbonyl (C=O) groups is 1. The fourth-order valence-electron chi connectivity index (χ4n) is 0.736. The van der Waals surface area contributed by atoms with Crippen molar-refractivity contribution in [2.75, 3.05) is 23.9 Å². The molecule has 0 aromatic carbocycles.